The number of halogens is 1. The van der Waals surface area contributed by atoms with Crippen molar-refractivity contribution in [2.45, 2.75) is 20.3 Å². The zero-order chi connectivity index (χ0) is 21.7. The number of benzene rings is 1. The fourth-order valence-electron chi connectivity index (χ4n) is 2.84. The number of thiophene rings is 1. The minimum Gasteiger partial charge on any atom is -0.465 e. The number of carbonyl (C=O) groups is 1. The number of hydrogen-bond donors (Lipinski definition) is 3. The monoisotopic (exact) mass is 461 g/mol. The number of rotatable bonds is 6. The van der Waals surface area contributed by atoms with Crippen LogP contribution in [0, 0.1) is 6.92 Å². The summed E-state index contributed by atoms with van der Waals surface area (Å²) >= 11 is 12.6. The normalized spacial score (nSPS) is 10.4. The Morgan fingerprint density at radius 3 is 2.43 bits per heavy atom. The molecule has 0 bridgehead atoms. The van der Waals surface area contributed by atoms with Crippen LogP contribution >= 0.6 is 35.2 Å². The number of anilines is 4. The minimum absolute atomic E-state index is 0.337. The summed E-state index contributed by atoms with van der Waals surface area (Å²) in [5.41, 5.74) is 3.14. The van der Waals surface area contributed by atoms with E-state index in [0.29, 0.717) is 26.6 Å². The number of esters is 1. The molecule has 10 heteroatoms. The van der Waals surface area contributed by atoms with E-state index >= 15 is 0 Å². The van der Waals surface area contributed by atoms with Crippen molar-refractivity contribution in [2.75, 3.05) is 23.1 Å². The summed E-state index contributed by atoms with van der Waals surface area (Å²) < 4.78 is 4.94. The molecule has 2 aromatic heterocycles. The molecule has 0 radical (unpaired) electrons. The first-order chi connectivity index (χ1) is 14.4. The van der Waals surface area contributed by atoms with Crippen molar-refractivity contribution in [3.05, 3.63) is 57.6 Å². The first kappa shape index (κ1) is 21.9. The molecule has 1 aromatic carbocycles. The first-order valence-corrected chi connectivity index (χ1v) is 10.7. The summed E-state index contributed by atoms with van der Waals surface area (Å²) in [5.74, 6) is 0.217. The third-order valence-electron chi connectivity index (χ3n) is 4.23. The fourth-order valence-corrected chi connectivity index (χ4v) is 4.37. The highest BCUT2D eigenvalue weighted by Crippen LogP contribution is 2.34. The molecule has 7 nitrogen and oxygen atoms in total. The number of aryl methyl sites for hydroxylation is 1. The lowest BCUT2D eigenvalue weighted by Crippen LogP contribution is -2.20. The number of ether oxygens (including phenoxy) is 1. The van der Waals surface area contributed by atoms with E-state index in [9.17, 15) is 4.79 Å². The van der Waals surface area contributed by atoms with Crippen LogP contribution in [0.5, 0.6) is 0 Å². The molecule has 3 rings (SSSR count). The second kappa shape index (κ2) is 9.84. The van der Waals surface area contributed by atoms with E-state index in [4.69, 9.17) is 28.6 Å². The van der Waals surface area contributed by atoms with Crippen molar-refractivity contribution < 1.29 is 9.53 Å². The zero-order valence-electron chi connectivity index (χ0n) is 16.6. The van der Waals surface area contributed by atoms with Crippen LogP contribution in [0.4, 0.5) is 22.2 Å². The van der Waals surface area contributed by atoms with Gasteiger partial charge in [-0.05, 0) is 67.5 Å². The molecule has 0 saturated heterocycles. The van der Waals surface area contributed by atoms with Gasteiger partial charge in [0.2, 0.25) is 0 Å². The third-order valence-corrected chi connectivity index (χ3v) is 5.69. The Morgan fingerprint density at radius 1 is 1.13 bits per heavy atom. The van der Waals surface area contributed by atoms with Crippen LogP contribution in [0.25, 0.3) is 0 Å². The Bertz CT molecular complexity index is 1050. The summed E-state index contributed by atoms with van der Waals surface area (Å²) in [5, 5.41) is 18.5. The van der Waals surface area contributed by atoms with Gasteiger partial charge in [0, 0.05) is 16.3 Å². The van der Waals surface area contributed by atoms with Gasteiger partial charge in [-0.15, -0.1) is 21.5 Å². The van der Waals surface area contributed by atoms with Crippen molar-refractivity contribution in [2.24, 2.45) is 0 Å². The Kier molecular flexibility index (Phi) is 7.20. The summed E-state index contributed by atoms with van der Waals surface area (Å²) in [6, 6.07) is 10.9. The minimum atomic E-state index is -0.373. The maximum Gasteiger partial charge on any atom is 0.341 e. The number of thiocarbonyl (C=S) groups is 1. The molecule has 3 N–H and O–H groups in total. The SMILES string of the molecule is CCc1c(C)sc(NC(=S)Nc2ccc(Nc3ccc(Cl)nn3)cc2)c1C(=O)OC. The molecule has 0 aliphatic heterocycles. The number of hydrogen-bond acceptors (Lipinski definition) is 7. The topological polar surface area (TPSA) is 88.2 Å². The molecular weight excluding hydrogens is 442 g/mol. The van der Waals surface area contributed by atoms with Crippen molar-refractivity contribution in [3.8, 4) is 0 Å². The lowest BCUT2D eigenvalue weighted by atomic mass is 10.1. The quantitative estimate of drug-likeness (QED) is 0.332. The highest BCUT2D eigenvalue weighted by atomic mass is 35.5. The largest absolute Gasteiger partial charge is 0.465 e. The summed E-state index contributed by atoms with van der Waals surface area (Å²) in [7, 11) is 1.38. The predicted molar refractivity (Wildman–Crippen MR) is 126 cm³/mol. The number of carbonyl (C=O) groups excluding carboxylic acids is 1. The second-order valence-corrected chi connectivity index (χ2v) is 8.23. The Balaban J connectivity index is 1.67. The first-order valence-electron chi connectivity index (χ1n) is 9.06. The van der Waals surface area contributed by atoms with Crippen molar-refractivity contribution in [1.82, 2.24) is 10.2 Å². The second-order valence-electron chi connectivity index (χ2n) is 6.21. The van der Waals surface area contributed by atoms with Gasteiger partial charge in [0.1, 0.15) is 5.00 Å². The molecule has 2 heterocycles. The van der Waals surface area contributed by atoms with Crippen molar-refractivity contribution in [1.29, 1.82) is 0 Å². The van der Waals surface area contributed by atoms with Gasteiger partial charge in [-0.25, -0.2) is 4.79 Å². The Morgan fingerprint density at radius 2 is 1.83 bits per heavy atom. The van der Waals surface area contributed by atoms with Gasteiger partial charge in [-0.2, -0.15) is 0 Å². The number of nitrogens with one attached hydrogen (secondary N) is 3. The van der Waals surface area contributed by atoms with Crippen molar-refractivity contribution >= 4 is 68.4 Å². The van der Waals surface area contributed by atoms with Crippen LogP contribution in [0.2, 0.25) is 5.15 Å². The van der Waals surface area contributed by atoms with Gasteiger partial charge >= 0.3 is 5.97 Å². The molecule has 0 unspecified atom stereocenters. The molecule has 0 aliphatic carbocycles. The molecule has 156 valence electrons. The molecule has 0 amide bonds. The van der Waals surface area contributed by atoms with E-state index < -0.39 is 0 Å². The van der Waals surface area contributed by atoms with Gasteiger partial charge in [0.15, 0.2) is 16.1 Å². The molecule has 0 spiro atoms. The van der Waals surface area contributed by atoms with Gasteiger partial charge in [-0.1, -0.05) is 18.5 Å². The fraction of sp³-hybridized carbons (Fsp3) is 0.200. The van der Waals surface area contributed by atoms with Gasteiger partial charge in [0.25, 0.3) is 0 Å². The van der Waals surface area contributed by atoms with Crippen LogP contribution < -0.4 is 16.0 Å². The number of methoxy groups -OCH3 is 1. The molecule has 0 atom stereocenters. The van der Waals surface area contributed by atoms with E-state index in [1.807, 2.05) is 38.1 Å². The molecular formula is C20H20ClN5O2S2. The van der Waals surface area contributed by atoms with E-state index in [-0.39, 0.29) is 5.97 Å². The maximum absolute atomic E-state index is 12.2. The molecule has 0 fully saturated rings. The lowest BCUT2D eigenvalue weighted by molar-refractivity contribution is 0.0601. The molecule has 0 saturated carbocycles. The van der Waals surface area contributed by atoms with Crippen LogP contribution in [0.15, 0.2) is 36.4 Å². The Labute approximate surface area is 188 Å². The Hall–Kier alpha value is -2.75. The highest BCUT2D eigenvalue weighted by Gasteiger charge is 2.22. The number of nitrogens with zero attached hydrogens (tertiary/aromatic N) is 2. The number of aromatic nitrogens is 2. The van der Waals surface area contributed by atoms with Crippen molar-refractivity contribution in [3.63, 3.8) is 0 Å². The van der Waals surface area contributed by atoms with Crippen LogP contribution in [-0.2, 0) is 11.2 Å². The highest BCUT2D eigenvalue weighted by molar-refractivity contribution is 7.80. The van der Waals surface area contributed by atoms with Crippen LogP contribution in [0.1, 0.15) is 27.7 Å². The van der Waals surface area contributed by atoms with Gasteiger partial charge in [0.05, 0.1) is 12.7 Å². The van der Waals surface area contributed by atoms with Gasteiger partial charge < -0.3 is 20.7 Å². The molecule has 30 heavy (non-hydrogen) atoms. The van der Waals surface area contributed by atoms with Crippen LogP contribution in [0.3, 0.4) is 0 Å². The standard InChI is InChI=1S/C20H20ClN5O2S2/c1-4-14-11(2)30-18(17(14)19(27)28-3)24-20(29)23-13-7-5-12(6-8-13)22-16-10-9-15(21)25-26-16/h5-10H,4H2,1-3H3,(H,22,26)(H2,23,24,29). The van der Waals surface area contributed by atoms with E-state index in [0.717, 1.165) is 28.2 Å². The van der Waals surface area contributed by atoms with Crippen LogP contribution in [-0.4, -0.2) is 28.4 Å². The van der Waals surface area contributed by atoms with E-state index in [1.165, 1.54) is 18.4 Å². The molecule has 3 aromatic rings. The summed E-state index contributed by atoms with van der Waals surface area (Å²) in [4.78, 5) is 13.3. The summed E-state index contributed by atoms with van der Waals surface area (Å²) in [6.45, 7) is 3.99. The predicted octanol–water partition coefficient (Wildman–Crippen LogP) is 5.40. The molecule has 0 aliphatic rings. The van der Waals surface area contributed by atoms with E-state index in [1.54, 1.807) is 12.1 Å². The average molecular weight is 462 g/mol. The smallest absolute Gasteiger partial charge is 0.341 e. The van der Waals surface area contributed by atoms with E-state index in [2.05, 4.69) is 26.1 Å². The lowest BCUT2D eigenvalue weighted by Gasteiger charge is -2.12. The zero-order valence-corrected chi connectivity index (χ0v) is 19.0. The average Bonchev–Trinajstić information content (AvgIpc) is 3.05. The third kappa shape index (κ3) is 5.24. The maximum atomic E-state index is 12.2. The summed E-state index contributed by atoms with van der Waals surface area (Å²) in [6.07, 6.45) is 0.737. The van der Waals surface area contributed by atoms with Gasteiger partial charge in [-0.3, -0.25) is 0 Å².